The SMILES string of the molecule is O=C(NCCOc1ccccc1)Nc1ccc(F)c(F)c1. The molecule has 110 valence electrons. The van der Waals surface area contributed by atoms with Crippen molar-refractivity contribution in [1.82, 2.24) is 5.32 Å². The number of anilines is 1. The van der Waals surface area contributed by atoms with Gasteiger partial charge in [0.25, 0.3) is 0 Å². The zero-order valence-corrected chi connectivity index (χ0v) is 11.1. The minimum absolute atomic E-state index is 0.176. The van der Waals surface area contributed by atoms with Crippen molar-refractivity contribution in [2.75, 3.05) is 18.5 Å². The predicted octanol–water partition coefficient (Wildman–Crippen LogP) is 3.17. The van der Waals surface area contributed by atoms with Gasteiger partial charge in [0, 0.05) is 11.8 Å². The minimum Gasteiger partial charge on any atom is -0.492 e. The van der Waals surface area contributed by atoms with Crippen LogP contribution in [0.4, 0.5) is 19.3 Å². The smallest absolute Gasteiger partial charge is 0.319 e. The summed E-state index contributed by atoms with van der Waals surface area (Å²) in [6.07, 6.45) is 0. The van der Waals surface area contributed by atoms with E-state index in [-0.39, 0.29) is 12.2 Å². The average Bonchev–Trinajstić information content (AvgIpc) is 2.49. The molecule has 0 saturated carbocycles. The average molecular weight is 292 g/mol. The Morgan fingerprint density at radius 1 is 1.05 bits per heavy atom. The maximum atomic E-state index is 13.0. The number of benzene rings is 2. The molecule has 2 aromatic rings. The summed E-state index contributed by atoms with van der Waals surface area (Å²) in [4.78, 5) is 11.5. The first-order valence-electron chi connectivity index (χ1n) is 6.33. The Morgan fingerprint density at radius 2 is 1.81 bits per heavy atom. The molecule has 0 saturated heterocycles. The summed E-state index contributed by atoms with van der Waals surface area (Å²) in [5, 5.41) is 4.94. The predicted molar refractivity (Wildman–Crippen MR) is 75.3 cm³/mol. The van der Waals surface area contributed by atoms with E-state index >= 15 is 0 Å². The second-order valence-corrected chi connectivity index (χ2v) is 4.17. The number of urea groups is 1. The normalized spacial score (nSPS) is 10.0. The van der Waals surface area contributed by atoms with Gasteiger partial charge < -0.3 is 15.4 Å². The van der Waals surface area contributed by atoms with E-state index in [1.807, 2.05) is 18.2 Å². The van der Waals surface area contributed by atoms with Crippen LogP contribution in [-0.2, 0) is 0 Å². The molecule has 2 N–H and O–H groups in total. The molecule has 0 heterocycles. The molecule has 0 spiro atoms. The zero-order chi connectivity index (χ0) is 15.1. The van der Waals surface area contributed by atoms with Crippen LogP contribution in [0, 0.1) is 11.6 Å². The number of para-hydroxylation sites is 1. The number of hydrogen-bond donors (Lipinski definition) is 2. The van der Waals surface area contributed by atoms with Gasteiger partial charge in [0.15, 0.2) is 11.6 Å². The molecule has 0 aliphatic heterocycles. The molecule has 0 aliphatic carbocycles. The third kappa shape index (κ3) is 4.76. The highest BCUT2D eigenvalue weighted by Crippen LogP contribution is 2.12. The fourth-order valence-corrected chi connectivity index (χ4v) is 1.60. The van der Waals surface area contributed by atoms with Gasteiger partial charge in [0.2, 0.25) is 0 Å². The molecule has 2 rings (SSSR count). The van der Waals surface area contributed by atoms with E-state index in [0.29, 0.717) is 12.4 Å². The molecule has 6 heteroatoms. The first-order chi connectivity index (χ1) is 10.1. The Bertz CT molecular complexity index is 606. The molecule has 0 atom stereocenters. The van der Waals surface area contributed by atoms with Gasteiger partial charge in [-0.05, 0) is 24.3 Å². The second kappa shape index (κ2) is 7.23. The summed E-state index contributed by atoms with van der Waals surface area (Å²) in [6.45, 7) is 0.583. The van der Waals surface area contributed by atoms with Crippen LogP contribution in [0.2, 0.25) is 0 Å². The summed E-state index contributed by atoms with van der Waals surface area (Å²) < 4.78 is 31.1. The summed E-state index contributed by atoms with van der Waals surface area (Å²) >= 11 is 0. The van der Waals surface area contributed by atoms with Crippen molar-refractivity contribution in [2.24, 2.45) is 0 Å². The lowest BCUT2D eigenvalue weighted by Gasteiger charge is -2.09. The number of hydrogen-bond acceptors (Lipinski definition) is 2. The van der Waals surface area contributed by atoms with Crippen molar-refractivity contribution >= 4 is 11.7 Å². The van der Waals surface area contributed by atoms with Gasteiger partial charge in [-0.15, -0.1) is 0 Å². The lowest BCUT2D eigenvalue weighted by Crippen LogP contribution is -2.32. The largest absolute Gasteiger partial charge is 0.492 e. The van der Waals surface area contributed by atoms with Crippen LogP contribution in [-0.4, -0.2) is 19.2 Å². The van der Waals surface area contributed by atoms with E-state index in [4.69, 9.17) is 4.74 Å². The minimum atomic E-state index is -1.01. The highest BCUT2D eigenvalue weighted by Gasteiger charge is 2.05. The number of nitrogens with one attached hydrogen (secondary N) is 2. The van der Waals surface area contributed by atoms with Gasteiger partial charge in [-0.25, -0.2) is 13.6 Å². The number of halogens is 2. The summed E-state index contributed by atoms with van der Waals surface area (Å²) in [5.41, 5.74) is 0.176. The van der Waals surface area contributed by atoms with Crippen LogP contribution < -0.4 is 15.4 Å². The van der Waals surface area contributed by atoms with E-state index in [2.05, 4.69) is 10.6 Å². The van der Waals surface area contributed by atoms with Gasteiger partial charge in [-0.1, -0.05) is 18.2 Å². The Morgan fingerprint density at radius 3 is 2.52 bits per heavy atom. The molecule has 21 heavy (non-hydrogen) atoms. The molecule has 0 radical (unpaired) electrons. The zero-order valence-electron chi connectivity index (χ0n) is 11.1. The number of amides is 2. The maximum absolute atomic E-state index is 13.0. The lowest BCUT2D eigenvalue weighted by molar-refractivity contribution is 0.247. The number of carbonyl (C=O) groups is 1. The third-order valence-electron chi connectivity index (χ3n) is 2.58. The van der Waals surface area contributed by atoms with Gasteiger partial charge in [-0.3, -0.25) is 0 Å². The molecule has 0 aromatic heterocycles. The van der Waals surface area contributed by atoms with E-state index < -0.39 is 17.7 Å². The molecular weight excluding hydrogens is 278 g/mol. The molecule has 0 unspecified atom stereocenters. The van der Waals surface area contributed by atoms with Crippen molar-refractivity contribution in [3.8, 4) is 5.75 Å². The van der Waals surface area contributed by atoms with Crippen molar-refractivity contribution < 1.29 is 18.3 Å². The van der Waals surface area contributed by atoms with Crippen molar-refractivity contribution in [3.63, 3.8) is 0 Å². The summed E-state index contributed by atoms with van der Waals surface area (Å²) in [7, 11) is 0. The number of carbonyl (C=O) groups excluding carboxylic acids is 1. The molecular formula is C15H14F2N2O2. The van der Waals surface area contributed by atoms with Gasteiger partial charge in [-0.2, -0.15) is 0 Å². The van der Waals surface area contributed by atoms with E-state index in [1.165, 1.54) is 6.07 Å². The van der Waals surface area contributed by atoms with Crippen molar-refractivity contribution in [3.05, 3.63) is 60.2 Å². The van der Waals surface area contributed by atoms with Crippen LogP contribution in [0.25, 0.3) is 0 Å². The lowest BCUT2D eigenvalue weighted by atomic mass is 10.3. The number of rotatable bonds is 5. The van der Waals surface area contributed by atoms with E-state index in [9.17, 15) is 13.6 Å². The topological polar surface area (TPSA) is 50.4 Å². The highest BCUT2D eigenvalue weighted by molar-refractivity contribution is 5.89. The van der Waals surface area contributed by atoms with E-state index in [1.54, 1.807) is 12.1 Å². The Labute approximate surface area is 120 Å². The molecule has 0 aliphatic rings. The second-order valence-electron chi connectivity index (χ2n) is 4.17. The first-order valence-corrected chi connectivity index (χ1v) is 6.33. The summed E-state index contributed by atoms with van der Waals surface area (Å²) in [6, 6.07) is 11.8. The van der Waals surface area contributed by atoms with Crippen LogP contribution in [0.3, 0.4) is 0 Å². The molecule has 2 aromatic carbocycles. The Kier molecular flexibility index (Phi) is 5.09. The standard InChI is InChI=1S/C15H14F2N2O2/c16-13-7-6-11(10-14(13)17)19-15(20)18-8-9-21-12-4-2-1-3-5-12/h1-7,10H,8-9H2,(H2,18,19,20). The maximum Gasteiger partial charge on any atom is 0.319 e. The molecule has 0 bridgehead atoms. The quantitative estimate of drug-likeness (QED) is 0.832. The van der Waals surface area contributed by atoms with Gasteiger partial charge in [0.05, 0.1) is 6.54 Å². The fourth-order valence-electron chi connectivity index (χ4n) is 1.60. The summed E-state index contributed by atoms with van der Waals surface area (Å²) in [5.74, 6) is -1.27. The van der Waals surface area contributed by atoms with Gasteiger partial charge >= 0.3 is 6.03 Å². The van der Waals surface area contributed by atoms with Crippen LogP contribution in [0.1, 0.15) is 0 Å². The van der Waals surface area contributed by atoms with Crippen LogP contribution >= 0.6 is 0 Å². The first kappa shape index (κ1) is 14.8. The third-order valence-corrected chi connectivity index (χ3v) is 2.58. The highest BCUT2D eigenvalue weighted by atomic mass is 19.2. The van der Waals surface area contributed by atoms with Gasteiger partial charge in [0.1, 0.15) is 12.4 Å². The fraction of sp³-hybridized carbons (Fsp3) is 0.133. The van der Waals surface area contributed by atoms with E-state index in [0.717, 1.165) is 12.1 Å². The van der Waals surface area contributed by atoms with Crippen LogP contribution in [0.15, 0.2) is 48.5 Å². The molecule has 0 fully saturated rings. The van der Waals surface area contributed by atoms with Crippen molar-refractivity contribution in [1.29, 1.82) is 0 Å². The monoisotopic (exact) mass is 292 g/mol. The van der Waals surface area contributed by atoms with Crippen LogP contribution in [0.5, 0.6) is 5.75 Å². The molecule has 4 nitrogen and oxygen atoms in total. The number of ether oxygens (including phenoxy) is 1. The van der Waals surface area contributed by atoms with Crippen molar-refractivity contribution in [2.45, 2.75) is 0 Å². The Hall–Kier alpha value is -2.63. The molecule has 2 amide bonds. The Balaban J connectivity index is 1.71.